The number of methoxy groups -OCH3 is 2. The quantitative estimate of drug-likeness (QED) is 0.648. The SMILES string of the molecule is COc1ccc(CNC(=O)[C@H]2CCCN(c3nnc4c(Cl)cccn34)C2)cc1OC. The Morgan fingerprint density at radius 2 is 2.07 bits per heavy atom. The number of nitrogens with one attached hydrogen (secondary N) is 1. The zero-order valence-electron chi connectivity index (χ0n) is 17.0. The van der Waals surface area contributed by atoms with Gasteiger partial charge >= 0.3 is 0 Å². The van der Waals surface area contributed by atoms with Crippen molar-refractivity contribution in [3.05, 3.63) is 47.1 Å². The van der Waals surface area contributed by atoms with Gasteiger partial charge in [0.1, 0.15) is 0 Å². The van der Waals surface area contributed by atoms with Crippen molar-refractivity contribution in [2.75, 3.05) is 32.2 Å². The summed E-state index contributed by atoms with van der Waals surface area (Å²) in [5, 5.41) is 12.1. The summed E-state index contributed by atoms with van der Waals surface area (Å²) < 4.78 is 12.5. The topological polar surface area (TPSA) is 81.0 Å². The first kappa shape index (κ1) is 20.3. The van der Waals surface area contributed by atoms with Crippen molar-refractivity contribution in [2.24, 2.45) is 5.92 Å². The summed E-state index contributed by atoms with van der Waals surface area (Å²) in [6.45, 7) is 1.84. The normalized spacial score (nSPS) is 16.5. The molecule has 8 nitrogen and oxygen atoms in total. The maximum Gasteiger partial charge on any atom is 0.231 e. The van der Waals surface area contributed by atoms with Crippen molar-refractivity contribution in [1.29, 1.82) is 0 Å². The van der Waals surface area contributed by atoms with Crippen molar-refractivity contribution in [2.45, 2.75) is 19.4 Å². The number of nitrogens with zero attached hydrogens (tertiary/aromatic N) is 4. The first-order valence-electron chi connectivity index (χ1n) is 9.83. The molecule has 0 spiro atoms. The lowest BCUT2D eigenvalue weighted by atomic mass is 9.97. The van der Waals surface area contributed by atoms with Crippen molar-refractivity contribution >= 4 is 29.1 Å². The summed E-state index contributed by atoms with van der Waals surface area (Å²) in [5.74, 6) is 1.93. The van der Waals surface area contributed by atoms with Crippen LogP contribution >= 0.6 is 11.6 Å². The van der Waals surface area contributed by atoms with Gasteiger partial charge in [0.15, 0.2) is 17.1 Å². The predicted molar refractivity (Wildman–Crippen MR) is 114 cm³/mol. The van der Waals surface area contributed by atoms with E-state index in [1.807, 2.05) is 34.9 Å². The number of pyridine rings is 1. The van der Waals surface area contributed by atoms with Crippen LogP contribution in [0.15, 0.2) is 36.5 Å². The van der Waals surface area contributed by atoms with E-state index in [0.29, 0.717) is 41.2 Å². The summed E-state index contributed by atoms with van der Waals surface area (Å²) in [6.07, 6.45) is 3.63. The molecule has 0 unspecified atom stereocenters. The Morgan fingerprint density at radius 3 is 2.87 bits per heavy atom. The molecule has 0 radical (unpaired) electrons. The number of carbonyl (C=O) groups is 1. The Kier molecular flexibility index (Phi) is 5.94. The van der Waals surface area contributed by atoms with E-state index in [1.165, 1.54) is 0 Å². The van der Waals surface area contributed by atoms with Crippen molar-refractivity contribution < 1.29 is 14.3 Å². The van der Waals surface area contributed by atoms with Crippen LogP contribution in [-0.4, -0.2) is 47.8 Å². The highest BCUT2D eigenvalue weighted by Crippen LogP contribution is 2.28. The molecule has 0 bridgehead atoms. The standard InChI is InChI=1S/C21H24ClN5O3/c1-29-17-8-7-14(11-18(17)30-2)12-23-20(28)15-5-3-9-26(13-15)21-25-24-19-16(22)6-4-10-27(19)21/h4,6-8,10-11,15H,3,5,9,12-13H2,1-2H3,(H,23,28)/t15-/m0/s1. The van der Waals surface area contributed by atoms with Crippen molar-refractivity contribution in [3.63, 3.8) is 0 Å². The maximum absolute atomic E-state index is 12.8. The Bertz CT molecular complexity index is 1050. The van der Waals surface area contributed by atoms with Crippen LogP contribution in [0.2, 0.25) is 5.02 Å². The molecule has 30 heavy (non-hydrogen) atoms. The molecule has 2 aromatic heterocycles. The van der Waals surface area contributed by atoms with Gasteiger partial charge in [-0.1, -0.05) is 17.7 Å². The first-order chi connectivity index (χ1) is 14.6. The molecule has 1 fully saturated rings. The fraction of sp³-hybridized carbons (Fsp3) is 0.381. The number of fused-ring (bicyclic) bond motifs is 1. The number of hydrogen-bond donors (Lipinski definition) is 1. The first-order valence-corrected chi connectivity index (χ1v) is 10.2. The van der Waals surface area contributed by atoms with Crippen LogP contribution in [0.25, 0.3) is 5.65 Å². The number of amides is 1. The molecular formula is C21H24ClN5O3. The van der Waals surface area contributed by atoms with E-state index in [-0.39, 0.29) is 11.8 Å². The highest BCUT2D eigenvalue weighted by atomic mass is 35.5. The van der Waals surface area contributed by atoms with E-state index >= 15 is 0 Å². The lowest BCUT2D eigenvalue weighted by Gasteiger charge is -2.32. The van der Waals surface area contributed by atoms with E-state index in [0.717, 1.165) is 24.9 Å². The van der Waals surface area contributed by atoms with E-state index in [9.17, 15) is 4.79 Å². The summed E-state index contributed by atoms with van der Waals surface area (Å²) in [4.78, 5) is 14.9. The number of anilines is 1. The van der Waals surface area contributed by atoms with E-state index < -0.39 is 0 Å². The monoisotopic (exact) mass is 429 g/mol. The number of ether oxygens (including phenoxy) is 2. The minimum atomic E-state index is -0.120. The molecule has 0 aliphatic carbocycles. The minimum absolute atomic E-state index is 0.0290. The summed E-state index contributed by atoms with van der Waals surface area (Å²) in [5.41, 5.74) is 1.57. The zero-order chi connectivity index (χ0) is 21.1. The molecule has 1 aliphatic rings. The number of piperidine rings is 1. The molecule has 3 aromatic rings. The van der Waals surface area contributed by atoms with Gasteiger partial charge < -0.3 is 19.7 Å². The minimum Gasteiger partial charge on any atom is -0.493 e. The van der Waals surface area contributed by atoms with Gasteiger partial charge in [-0.25, -0.2) is 0 Å². The second-order valence-electron chi connectivity index (χ2n) is 7.24. The van der Waals surface area contributed by atoms with Gasteiger partial charge in [0, 0.05) is 25.8 Å². The molecule has 0 saturated carbocycles. The fourth-order valence-corrected chi connectivity index (χ4v) is 3.99. The van der Waals surface area contributed by atoms with Gasteiger partial charge in [0.05, 0.1) is 25.2 Å². The van der Waals surface area contributed by atoms with Crippen LogP contribution in [0.3, 0.4) is 0 Å². The summed E-state index contributed by atoms with van der Waals surface area (Å²) in [7, 11) is 3.19. The van der Waals surface area contributed by atoms with E-state index in [4.69, 9.17) is 21.1 Å². The van der Waals surface area contributed by atoms with Gasteiger partial charge in [-0.3, -0.25) is 9.20 Å². The average molecular weight is 430 g/mol. The zero-order valence-corrected chi connectivity index (χ0v) is 17.7. The lowest BCUT2D eigenvalue weighted by Crippen LogP contribution is -2.43. The molecule has 1 atom stereocenters. The van der Waals surface area contributed by atoms with Crippen LogP contribution in [0, 0.1) is 5.92 Å². The Balaban J connectivity index is 1.42. The molecule has 9 heteroatoms. The van der Waals surface area contributed by atoms with Crippen LogP contribution in [0.5, 0.6) is 11.5 Å². The predicted octanol–water partition coefficient (Wildman–Crippen LogP) is 2.93. The lowest BCUT2D eigenvalue weighted by molar-refractivity contribution is -0.125. The van der Waals surface area contributed by atoms with Crippen LogP contribution in [-0.2, 0) is 11.3 Å². The Morgan fingerprint density at radius 1 is 1.23 bits per heavy atom. The number of rotatable bonds is 6. The third-order valence-corrected chi connectivity index (χ3v) is 5.65. The van der Waals surface area contributed by atoms with Gasteiger partial charge in [-0.05, 0) is 42.7 Å². The van der Waals surface area contributed by atoms with Crippen molar-refractivity contribution in [1.82, 2.24) is 19.9 Å². The van der Waals surface area contributed by atoms with Crippen LogP contribution in [0.4, 0.5) is 5.95 Å². The molecule has 158 valence electrons. The Hall–Kier alpha value is -3.00. The summed E-state index contributed by atoms with van der Waals surface area (Å²) >= 11 is 6.21. The molecule has 3 heterocycles. The highest BCUT2D eigenvalue weighted by Gasteiger charge is 2.28. The Labute approximate surface area is 179 Å². The average Bonchev–Trinajstić information content (AvgIpc) is 3.23. The second-order valence-corrected chi connectivity index (χ2v) is 7.65. The number of aromatic nitrogens is 3. The van der Waals surface area contributed by atoms with Crippen LogP contribution in [0.1, 0.15) is 18.4 Å². The van der Waals surface area contributed by atoms with Gasteiger partial charge in [0.25, 0.3) is 0 Å². The molecule has 1 aromatic carbocycles. The van der Waals surface area contributed by atoms with Crippen LogP contribution < -0.4 is 19.7 Å². The molecule has 4 rings (SSSR count). The van der Waals surface area contributed by atoms with E-state index in [2.05, 4.69) is 20.4 Å². The van der Waals surface area contributed by atoms with Crippen molar-refractivity contribution in [3.8, 4) is 11.5 Å². The molecular weight excluding hydrogens is 406 g/mol. The largest absolute Gasteiger partial charge is 0.493 e. The molecule has 1 amide bonds. The maximum atomic E-state index is 12.8. The molecule has 1 N–H and O–H groups in total. The summed E-state index contributed by atoms with van der Waals surface area (Å²) in [6, 6.07) is 9.28. The third kappa shape index (κ3) is 4.00. The van der Waals surface area contributed by atoms with Gasteiger partial charge in [0.2, 0.25) is 11.9 Å². The number of halogens is 1. The van der Waals surface area contributed by atoms with Gasteiger partial charge in [-0.15, -0.1) is 10.2 Å². The smallest absolute Gasteiger partial charge is 0.231 e. The fourth-order valence-electron chi connectivity index (χ4n) is 3.78. The number of benzene rings is 1. The third-order valence-electron chi connectivity index (χ3n) is 5.36. The van der Waals surface area contributed by atoms with E-state index in [1.54, 1.807) is 20.3 Å². The number of hydrogen-bond acceptors (Lipinski definition) is 6. The molecule has 1 aliphatic heterocycles. The molecule has 1 saturated heterocycles. The second kappa shape index (κ2) is 8.79. The van der Waals surface area contributed by atoms with Gasteiger partial charge in [-0.2, -0.15) is 0 Å². The number of carbonyl (C=O) groups excluding carboxylic acids is 1. The highest BCUT2D eigenvalue weighted by molar-refractivity contribution is 6.33.